The SMILES string of the molecule is CN(C)[C@@H]1C(=O)C(C(N)=O)=C(O)[C@]2(O)C(=O)C3=C(O)c4c(O)ccc(Cl)c4[C@@H](OC(=O)c4ccccc4)[C@@H]3C[C@H]12. The highest BCUT2D eigenvalue weighted by atomic mass is 35.5. The van der Waals surface area contributed by atoms with Crippen molar-refractivity contribution in [2.75, 3.05) is 14.1 Å². The predicted molar refractivity (Wildman–Crippen MR) is 140 cm³/mol. The Hall–Kier alpha value is -4.19. The number of phenolic OH excluding ortho intramolecular Hbond substituents is 1. The van der Waals surface area contributed by atoms with Gasteiger partial charge < -0.3 is 30.9 Å². The van der Waals surface area contributed by atoms with Gasteiger partial charge in [0, 0.05) is 28.0 Å². The molecule has 0 saturated heterocycles. The van der Waals surface area contributed by atoms with E-state index in [2.05, 4.69) is 0 Å². The van der Waals surface area contributed by atoms with E-state index >= 15 is 0 Å². The number of aliphatic hydroxyl groups is 3. The Morgan fingerprint density at radius 3 is 2.33 bits per heavy atom. The number of halogens is 1. The van der Waals surface area contributed by atoms with Gasteiger partial charge in [0.1, 0.15) is 28.9 Å². The van der Waals surface area contributed by atoms with Gasteiger partial charge in [-0.05, 0) is 44.8 Å². The van der Waals surface area contributed by atoms with Crippen molar-refractivity contribution in [3.05, 3.63) is 81.1 Å². The molecule has 40 heavy (non-hydrogen) atoms. The monoisotopic (exact) mass is 568 g/mol. The summed E-state index contributed by atoms with van der Waals surface area (Å²) in [6, 6.07) is 9.14. The largest absolute Gasteiger partial charge is 0.508 e. The molecular formula is C28H25ClN2O9. The minimum absolute atomic E-state index is 0.0141. The molecule has 5 rings (SSSR count). The van der Waals surface area contributed by atoms with E-state index in [4.69, 9.17) is 22.1 Å². The third-order valence-electron chi connectivity index (χ3n) is 7.86. The van der Waals surface area contributed by atoms with Gasteiger partial charge in [-0.25, -0.2) is 4.79 Å². The number of Topliss-reactive ketones (excluding diaryl/α,β-unsaturated/α-hetero) is 2. The van der Waals surface area contributed by atoms with Crippen molar-refractivity contribution in [2.45, 2.75) is 24.2 Å². The maximum absolute atomic E-state index is 14.1. The van der Waals surface area contributed by atoms with Crippen molar-refractivity contribution >= 4 is 40.8 Å². The first kappa shape index (κ1) is 27.4. The van der Waals surface area contributed by atoms with Gasteiger partial charge in [0.05, 0.1) is 17.2 Å². The summed E-state index contributed by atoms with van der Waals surface area (Å²) in [5.41, 5.74) is 0.994. The number of carbonyl (C=O) groups is 4. The lowest BCUT2D eigenvalue weighted by Crippen LogP contribution is -2.66. The molecule has 1 saturated carbocycles. The van der Waals surface area contributed by atoms with Crippen molar-refractivity contribution in [3.8, 4) is 5.75 Å². The quantitative estimate of drug-likeness (QED) is 0.269. The summed E-state index contributed by atoms with van der Waals surface area (Å²) in [6.07, 6.45) is -1.65. The number of carbonyl (C=O) groups excluding carboxylic acids is 4. The number of fused-ring (bicyclic) bond motifs is 3. The molecule has 5 atom stereocenters. The number of phenols is 1. The summed E-state index contributed by atoms with van der Waals surface area (Å²) in [5, 5.41) is 44.7. The second kappa shape index (κ2) is 9.47. The molecule has 0 unspecified atom stereocenters. The van der Waals surface area contributed by atoms with E-state index in [0.29, 0.717) is 0 Å². The van der Waals surface area contributed by atoms with Crippen LogP contribution in [0.25, 0.3) is 5.76 Å². The Morgan fingerprint density at radius 1 is 1.07 bits per heavy atom. The molecule has 0 heterocycles. The smallest absolute Gasteiger partial charge is 0.338 e. The van der Waals surface area contributed by atoms with Crippen LogP contribution in [0.3, 0.4) is 0 Å². The fraction of sp³-hybridized carbons (Fsp3) is 0.286. The molecule has 1 fully saturated rings. The molecule has 12 heteroatoms. The Labute approximate surface area is 232 Å². The Kier molecular flexibility index (Phi) is 6.48. The average Bonchev–Trinajstić information content (AvgIpc) is 2.90. The number of rotatable bonds is 4. The lowest BCUT2D eigenvalue weighted by atomic mass is 9.57. The number of esters is 1. The molecule has 3 aliphatic rings. The summed E-state index contributed by atoms with van der Waals surface area (Å²) in [5.74, 6) is -9.29. The van der Waals surface area contributed by atoms with Crippen molar-refractivity contribution in [1.29, 1.82) is 0 Å². The number of likely N-dealkylation sites (N-methyl/N-ethyl adjacent to an activating group) is 1. The first-order valence-corrected chi connectivity index (χ1v) is 12.6. The lowest BCUT2D eigenvalue weighted by molar-refractivity contribution is -0.156. The number of ketones is 2. The lowest BCUT2D eigenvalue weighted by Gasteiger charge is -2.51. The molecule has 208 valence electrons. The normalized spacial score (nSPS) is 27.7. The summed E-state index contributed by atoms with van der Waals surface area (Å²) in [4.78, 5) is 54.1. The van der Waals surface area contributed by atoms with Crippen LogP contribution in [0.15, 0.2) is 59.4 Å². The summed E-state index contributed by atoms with van der Waals surface area (Å²) >= 11 is 6.48. The highest BCUT2D eigenvalue weighted by molar-refractivity contribution is 6.32. The van der Waals surface area contributed by atoms with Gasteiger partial charge in [-0.1, -0.05) is 29.8 Å². The van der Waals surface area contributed by atoms with Gasteiger partial charge in [-0.15, -0.1) is 0 Å². The van der Waals surface area contributed by atoms with Crippen LogP contribution in [0.2, 0.25) is 5.02 Å². The number of nitrogens with two attached hydrogens (primary N) is 1. The molecule has 6 N–H and O–H groups in total. The third kappa shape index (κ3) is 3.73. The van der Waals surface area contributed by atoms with E-state index < -0.39 is 81.4 Å². The molecule has 2 aromatic rings. The van der Waals surface area contributed by atoms with Gasteiger partial charge in [0.25, 0.3) is 5.91 Å². The number of aliphatic hydroxyl groups excluding tert-OH is 2. The van der Waals surface area contributed by atoms with Crippen LogP contribution in [0.1, 0.15) is 34.0 Å². The molecule has 3 aliphatic carbocycles. The van der Waals surface area contributed by atoms with Crippen molar-refractivity contribution < 1.29 is 44.3 Å². The minimum Gasteiger partial charge on any atom is -0.508 e. The van der Waals surface area contributed by atoms with Gasteiger partial charge in [-0.3, -0.25) is 19.3 Å². The van der Waals surface area contributed by atoms with Gasteiger partial charge in [0.15, 0.2) is 11.4 Å². The molecule has 2 aromatic carbocycles. The fourth-order valence-electron chi connectivity index (χ4n) is 6.12. The second-order valence-electron chi connectivity index (χ2n) is 10.2. The van der Waals surface area contributed by atoms with Crippen LogP contribution in [0.5, 0.6) is 5.75 Å². The van der Waals surface area contributed by atoms with Crippen LogP contribution < -0.4 is 5.73 Å². The summed E-state index contributed by atoms with van der Waals surface area (Å²) in [6.45, 7) is 0. The zero-order valence-corrected chi connectivity index (χ0v) is 22.0. The molecule has 0 spiro atoms. The molecule has 0 radical (unpaired) electrons. The van der Waals surface area contributed by atoms with Gasteiger partial charge in [-0.2, -0.15) is 0 Å². The number of hydrogen-bond acceptors (Lipinski definition) is 10. The fourth-order valence-corrected chi connectivity index (χ4v) is 6.38. The predicted octanol–water partition coefficient (Wildman–Crippen LogP) is 1.97. The zero-order chi connectivity index (χ0) is 29.3. The van der Waals surface area contributed by atoms with Gasteiger partial charge in [0.2, 0.25) is 5.78 Å². The molecule has 0 aromatic heterocycles. The van der Waals surface area contributed by atoms with E-state index in [1.807, 2.05) is 0 Å². The molecule has 0 bridgehead atoms. The Morgan fingerprint density at radius 2 is 1.73 bits per heavy atom. The summed E-state index contributed by atoms with van der Waals surface area (Å²) in [7, 11) is 2.96. The standard InChI is InChI=1S/C28H25ClN2O9/c1-31(2)20-13-10-12-16(24(35)28(13,39)25(36)19(22(20)34)26(30)37)21(33)18-15(32)9-8-14(29)17(18)23(12)40-27(38)11-6-4-3-5-7-11/h3-9,12-13,20,23,32-33,36,39H,10H2,1-2H3,(H2,30,37)/t12-,13-,20+,23+,28-/m1/s1. The van der Waals surface area contributed by atoms with E-state index in [-0.39, 0.29) is 28.1 Å². The van der Waals surface area contributed by atoms with Crippen molar-refractivity contribution in [2.24, 2.45) is 17.6 Å². The second-order valence-corrected chi connectivity index (χ2v) is 10.6. The number of aromatic hydroxyl groups is 1. The summed E-state index contributed by atoms with van der Waals surface area (Å²) < 4.78 is 5.87. The molecular weight excluding hydrogens is 544 g/mol. The van der Waals surface area contributed by atoms with Crippen LogP contribution in [-0.4, -0.2) is 74.5 Å². The number of nitrogens with zero attached hydrogens (tertiary/aromatic N) is 1. The van der Waals surface area contributed by atoms with Crippen LogP contribution in [0.4, 0.5) is 0 Å². The highest BCUT2D eigenvalue weighted by Crippen LogP contribution is 2.57. The van der Waals surface area contributed by atoms with E-state index in [1.54, 1.807) is 18.2 Å². The molecule has 1 amide bonds. The number of primary amides is 1. The van der Waals surface area contributed by atoms with E-state index in [1.165, 1.54) is 43.3 Å². The van der Waals surface area contributed by atoms with Crippen molar-refractivity contribution in [1.82, 2.24) is 4.90 Å². The zero-order valence-electron chi connectivity index (χ0n) is 21.3. The van der Waals surface area contributed by atoms with Crippen LogP contribution >= 0.6 is 11.6 Å². The number of ether oxygens (including phenoxy) is 1. The van der Waals surface area contributed by atoms with Crippen LogP contribution in [-0.2, 0) is 19.1 Å². The van der Waals surface area contributed by atoms with Crippen LogP contribution in [0, 0.1) is 11.8 Å². The highest BCUT2D eigenvalue weighted by Gasteiger charge is 2.65. The number of hydrogen-bond donors (Lipinski definition) is 5. The minimum atomic E-state index is -2.84. The Balaban J connectivity index is 1.76. The average molecular weight is 569 g/mol. The Bertz CT molecular complexity index is 1550. The maximum atomic E-state index is 14.1. The van der Waals surface area contributed by atoms with Crippen molar-refractivity contribution in [3.63, 3.8) is 0 Å². The maximum Gasteiger partial charge on any atom is 0.338 e. The molecule has 0 aliphatic heterocycles. The van der Waals surface area contributed by atoms with Gasteiger partial charge >= 0.3 is 5.97 Å². The van der Waals surface area contributed by atoms with E-state index in [0.717, 1.165) is 0 Å². The number of amides is 1. The first-order chi connectivity index (χ1) is 18.8. The first-order valence-electron chi connectivity index (χ1n) is 12.2. The molecule has 11 nitrogen and oxygen atoms in total. The topological polar surface area (TPSA) is 188 Å². The van der Waals surface area contributed by atoms with E-state index in [9.17, 15) is 39.6 Å². The third-order valence-corrected chi connectivity index (χ3v) is 8.19. The number of benzene rings is 2.